The first-order chi connectivity index (χ1) is 15.7. The molecule has 0 amide bonds. The average Bonchev–Trinajstić information content (AvgIpc) is 2.78. The van der Waals surface area contributed by atoms with E-state index in [1.165, 1.54) is 122 Å². The zero-order valence-corrected chi connectivity index (χ0v) is 21.9. The van der Waals surface area contributed by atoms with Gasteiger partial charge >= 0.3 is 0 Å². The van der Waals surface area contributed by atoms with Gasteiger partial charge in [-0.1, -0.05) is 122 Å². The lowest BCUT2D eigenvalue weighted by molar-refractivity contribution is -0.929. The Bertz CT molecular complexity index is 335. The topological polar surface area (TPSA) is 60.7 Å². The van der Waals surface area contributed by atoms with Crippen molar-refractivity contribution >= 4 is 0 Å². The van der Waals surface area contributed by atoms with E-state index in [9.17, 15) is 15.3 Å². The van der Waals surface area contributed by atoms with Crippen molar-refractivity contribution in [3.63, 3.8) is 0 Å². The van der Waals surface area contributed by atoms with Crippen LogP contribution in [0.3, 0.4) is 0 Å². The monoisotopic (exact) mass is 458 g/mol. The molecule has 0 rings (SSSR count). The molecule has 0 saturated carbocycles. The normalized spacial score (nSPS) is 12.0. The van der Waals surface area contributed by atoms with Gasteiger partial charge in [-0.3, -0.25) is 0 Å². The maximum atomic E-state index is 9.34. The van der Waals surface area contributed by atoms with Crippen LogP contribution in [-0.4, -0.2) is 65.8 Å². The largest absolute Gasteiger partial charge is 0.391 e. The van der Waals surface area contributed by atoms with E-state index in [-0.39, 0.29) is 19.8 Å². The van der Waals surface area contributed by atoms with Crippen LogP contribution < -0.4 is 0 Å². The minimum atomic E-state index is 0.124. The molecule has 0 aliphatic heterocycles. The molecular formula is C28H60NO3+. The van der Waals surface area contributed by atoms with Gasteiger partial charge < -0.3 is 19.8 Å². The number of aliphatic hydroxyl groups is 3. The zero-order valence-electron chi connectivity index (χ0n) is 21.9. The molecule has 4 nitrogen and oxygen atoms in total. The third-order valence-electron chi connectivity index (χ3n) is 7.21. The highest BCUT2D eigenvalue weighted by Crippen LogP contribution is 2.15. The van der Waals surface area contributed by atoms with E-state index in [0.717, 1.165) is 13.0 Å². The van der Waals surface area contributed by atoms with Gasteiger partial charge in [-0.2, -0.15) is 0 Å². The molecule has 0 unspecified atom stereocenters. The van der Waals surface area contributed by atoms with E-state index in [0.29, 0.717) is 24.1 Å². The molecule has 0 spiro atoms. The molecule has 0 aromatic heterocycles. The lowest BCUT2D eigenvalue weighted by atomic mass is 10.0. The highest BCUT2D eigenvalue weighted by molar-refractivity contribution is 4.52. The Balaban J connectivity index is 3.37. The van der Waals surface area contributed by atoms with Gasteiger partial charge in [0.1, 0.15) is 19.6 Å². The number of quaternary nitrogens is 1. The number of hydrogen-bond acceptors (Lipinski definition) is 3. The van der Waals surface area contributed by atoms with Crippen LogP contribution in [0.2, 0.25) is 0 Å². The number of rotatable bonds is 27. The summed E-state index contributed by atoms with van der Waals surface area (Å²) in [4.78, 5) is 0. The summed E-state index contributed by atoms with van der Waals surface area (Å²) in [5, 5.41) is 28.0. The van der Waals surface area contributed by atoms with Crippen LogP contribution in [0.4, 0.5) is 0 Å². The minimum Gasteiger partial charge on any atom is -0.391 e. The fraction of sp³-hybridized carbons (Fsp3) is 1.00. The van der Waals surface area contributed by atoms with Crippen molar-refractivity contribution in [2.24, 2.45) is 0 Å². The molecule has 32 heavy (non-hydrogen) atoms. The summed E-state index contributed by atoms with van der Waals surface area (Å²) in [5.41, 5.74) is 0. The summed E-state index contributed by atoms with van der Waals surface area (Å²) < 4.78 is 0.655. The number of hydrogen-bond donors (Lipinski definition) is 3. The van der Waals surface area contributed by atoms with E-state index < -0.39 is 0 Å². The number of unbranched alkanes of at least 4 members (excludes halogenated alkanes) is 19. The fourth-order valence-corrected chi connectivity index (χ4v) is 5.01. The van der Waals surface area contributed by atoms with E-state index in [1.54, 1.807) is 0 Å². The standard InChI is InChI=1S/C28H60NO3/c1-2-3-4-5-6-7-8-9-10-11-12-13-14-15-16-17-18-19-20-21-22-29(23-26-30,24-27-31)25-28-32/h30-32H,2-28H2,1H3/q+1. The van der Waals surface area contributed by atoms with Crippen molar-refractivity contribution in [3.05, 3.63) is 0 Å². The third kappa shape index (κ3) is 20.4. The third-order valence-corrected chi connectivity index (χ3v) is 7.21. The number of aliphatic hydroxyl groups excluding tert-OH is 3. The van der Waals surface area contributed by atoms with Crippen LogP contribution in [0.15, 0.2) is 0 Å². The smallest absolute Gasteiger partial charge is 0.102 e. The first-order valence-electron chi connectivity index (χ1n) is 14.4. The molecule has 0 radical (unpaired) electrons. The summed E-state index contributed by atoms with van der Waals surface area (Å²) >= 11 is 0. The van der Waals surface area contributed by atoms with Crippen LogP contribution in [0.5, 0.6) is 0 Å². The summed E-state index contributed by atoms with van der Waals surface area (Å²) in [6, 6.07) is 0. The Morgan fingerprint density at radius 1 is 0.344 bits per heavy atom. The number of nitrogens with zero attached hydrogens (tertiary/aromatic N) is 1. The predicted molar refractivity (Wildman–Crippen MR) is 139 cm³/mol. The molecule has 0 saturated heterocycles. The molecule has 194 valence electrons. The summed E-state index contributed by atoms with van der Waals surface area (Å²) in [6.45, 7) is 5.54. The predicted octanol–water partition coefficient (Wildman–Crippen LogP) is 6.60. The van der Waals surface area contributed by atoms with Crippen molar-refractivity contribution in [1.82, 2.24) is 0 Å². The van der Waals surface area contributed by atoms with E-state index in [4.69, 9.17) is 0 Å². The highest BCUT2D eigenvalue weighted by Gasteiger charge is 2.25. The Morgan fingerprint density at radius 3 is 0.844 bits per heavy atom. The van der Waals surface area contributed by atoms with Gasteiger partial charge in [0.2, 0.25) is 0 Å². The minimum absolute atomic E-state index is 0.124. The molecule has 0 heterocycles. The van der Waals surface area contributed by atoms with Gasteiger partial charge in [0, 0.05) is 0 Å². The van der Waals surface area contributed by atoms with Gasteiger partial charge in [-0.15, -0.1) is 0 Å². The second kappa shape index (κ2) is 25.5. The molecule has 0 bridgehead atoms. The molecule has 3 N–H and O–H groups in total. The molecular weight excluding hydrogens is 398 g/mol. The van der Waals surface area contributed by atoms with E-state index in [2.05, 4.69) is 6.92 Å². The molecule has 0 aliphatic rings. The van der Waals surface area contributed by atoms with Gasteiger partial charge in [0.05, 0.1) is 26.4 Å². The van der Waals surface area contributed by atoms with Gasteiger partial charge in [-0.05, 0) is 12.8 Å². The SMILES string of the molecule is CCCCCCCCCCCCCCCCCCCCCC[N+](CCO)(CCO)CCO. The highest BCUT2D eigenvalue weighted by atomic mass is 16.3. The first kappa shape index (κ1) is 31.8. The lowest BCUT2D eigenvalue weighted by Crippen LogP contribution is -2.53. The Kier molecular flexibility index (Phi) is 25.3. The molecule has 0 aromatic carbocycles. The summed E-state index contributed by atoms with van der Waals surface area (Å²) in [6.07, 6.45) is 27.8. The lowest BCUT2D eigenvalue weighted by Gasteiger charge is -2.37. The van der Waals surface area contributed by atoms with Crippen LogP contribution in [0.25, 0.3) is 0 Å². The Hall–Kier alpha value is -0.160. The Labute approximate surface area is 201 Å². The zero-order chi connectivity index (χ0) is 23.6. The summed E-state index contributed by atoms with van der Waals surface area (Å²) in [7, 11) is 0. The average molecular weight is 459 g/mol. The van der Waals surface area contributed by atoms with Gasteiger partial charge in [-0.25, -0.2) is 0 Å². The van der Waals surface area contributed by atoms with Crippen molar-refractivity contribution in [2.75, 3.05) is 46.0 Å². The van der Waals surface area contributed by atoms with Crippen LogP contribution in [-0.2, 0) is 0 Å². The van der Waals surface area contributed by atoms with E-state index in [1.807, 2.05) is 0 Å². The van der Waals surface area contributed by atoms with E-state index >= 15 is 0 Å². The van der Waals surface area contributed by atoms with Crippen molar-refractivity contribution in [2.45, 2.75) is 135 Å². The molecule has 0 aromatic rings. The maximum absolute atomic E-state index is 9.34. The van der Waals surface area contributed by atoms with Crippen LogP contribution in [0.1, 0.15) is 135 Å². The molecule has 4 heteroatoms. The molecule has 0 atom stereocenters. The van der Waals surface area contributed by atoms with Crippen molar-refractivity contribution < 1.29 is 19.8 Å². The summed E-state index contributed by atoms with van der Waals surface area (Å²) in [5.74, 6) is 0. The molecule has 0 fully saturated rings. The second-order valence-electron chi connectivity index (χ2n) is 10.1. The first-order valence-corrected chi connectivity index (χ1v) is 14.4. The van der Waals surface area contributed by atoms with Crippen LogP contribution in [0, 0.1) is 0 Å². The van der Waals surface area contributed by atoms with Gasteiger partial charge in [0.25, 0.3) is 0 Å². The van der Waals surface area contributed by atoms with Gasteiger partial charge in [0.15, 0.2) is 0 Å². The van der Waals surface area contributed by atoms with Crippen LogP contribution >= 0.6 is 0 Å². The molecule has 0 aliphatic carbocycles. The van der Waals surface area contributed by atoms with Crippen molar-refractivity contribution in [3.8, 4) is 0 Å². The second-order valence-corrected chi connectivity index (χ2v) is 10.1. The quantitative estimate of drug-likeness (QED) is 0.0959. The Morgan fingerprint density at radius 2 is 0.594 bits per heavy atom. The maximum Gasteiger partial charge on any atom is 0.102 e. The van der Waals surface area contributed by atoms with Crippen molar-refractivity contribution in [1.29, 1.82) is 0 Å². The fourth-order valence-electron chi connectivity index (χ4n) is 5.01.